The Balaban J connectivity index is 1.37. The highest BCUT2D eigenvalue weighted by molar-refractivity contribution is 6.30. The Bertz CT molecular complexity index is 1120. The second kappa shape index (κ2) is 10.4. The molecule has 0 aliphatic carbocycles. The Labute approximate surface area is 198 Å². The van der Waals surface area contributed by atoms with Crippen molar-refractivity contribution in [1.82, 2.24) is 4.90 Å². The molecule has 0 aromatic heterocycles. The third-order valence-electron chi connectivity index (χ3n) is 5.56. The first kappa shape index (κ1) is 22.7. The number of urea groups is 1. The third-order valence-corrected chi connectivity index (χ3v) is 5.81. The molecule has 6 nitrogen and oxygen atoms in total. The summed E-state index contributed by atoms with van der Waals surface area (Å²) in [7, 11) is 1.60. The lowest BCUT2D eigenvalue weighted by molar-refractivity contribution is -0.115. The van der Waals surface area contributed by atoms with Crippen molar-refractivity contribution in [1.29, 1.82) is 0 Å². The maximum Gasteiger partial charge on any atom is 0.324 e. The summed E-state index contributed by atoms with van der Waals surface area (Å²) in [4.78, 5) is 29.1. The van der Waals surface area contributed by atoms with Crippen LogP contribution < -0.4 is 15.0 Å². The number of rotatable bonds is 7. The van der Waals surface area contributed by atoms with Crippen LogP contribution in [-0.4, -0.2) is 37.0 Å². The molecule has 4 rings (SSSR count). The zero-order valence-corrected chi connectivity index (χ0v) is 19.2. The van der Waals surface area contributed by atoms with Crippen LogP contribution in [-0.2, 0) is 17.8 Å². The van der Waals surface area contributed by atoms with Crippen LogP contribution in [0.5, 0.6) is 5.75 Å². The fraction of sp³-hybridized carbons (Fsp3) is 0.231. The van der Waals surface area contributed by atoms with Crippen molar-refractivity contribution in [3.8, 4) is 5.75 Å². The quantitative estimate of drug-likeness (QED) is 0.513. The summed E-state index contributed by atoms with van der Waals surface area (Å²) < 4.78 is 5.21. The number of nitrogens with one attached hydrogen (secondary N) is 1. The first-order valence-corrected chi connectivity index (χ1v) is 11.2. The zero-order chi connectivity index (χ0) is 23.2. The predicted octanol–water partition coefficient (Wildman–Crippen LogP) is 5.36. The van der Waals surface area contributed by atoms with Gasteiger partial charge in [0.25, 0.3) is 0 Å². The second-order valence-corrected chi connectivity index (χ2v) is 8.40. The molecule has 1 aliphatic heterocycles. The summed E-state index contributed by atoms with van der Waals surface area (Å²) >= 11 is 5.96. The van der Waals surface area contributed by atoms with Crippen molar-refractivity contribution < 1.29 is 14.3 Å². The standard InChI is InChI=1S/C26H26ClN3O3/c1-33-24-5-2-4-20(16-24)17-25(31)28-22-10-12-23(13-11-22)30-15-3-14-29(26(30)32)18-19-6-8-21(27)9-7-19/h2,4-13,16H,3,14-15,17-18H2,1H3,(H,28,31). The molecule has 3 aromatic rings. The summed E-state index contributed by atoms with van der Waals surface area (Å²) in [6, 6.07) is 22.4. The van der Waals surface area contributed by atoms with E-state index in [2.05, 4.69) is 5.32 Å². The number of ether oxygens (including phenoxy) is 1. The highest BCUT2D eigenvalue weighted by atomic mass is 35.5. The molecule has 0 spiro atoms. The van der Waals surface area contributed by atoms with Crippen LogP contribution in [0.4, 0.5) is 16.2 Å². The molecule has 1 N–H and O–H groups in total. The highest BCUT2D eigenvalue weighted by Crippen LogP contribution is 2.24. The molecule has 1 saturated heterocycles. The minimum atomic E-state index is -0.112. The van der Waals surface area contributed by atoms with Gasteiger partial charge in [0.2, 0.25) is 5.91 Å². The summed E-state index contributed by atoms with van der Waals surface area (Å²) in [5.41, 5.74) is 3.42. The monoisotopic (exact) mass is 463 g/mol. The van der Waals surface area contributed by atoms with Crippen LogP contribution in [0.3, 0.4) is 0 Å². The molecule has 3 amide bonds. The van der Waals surface area contributed by atoms with Crippen molar-refractivity contribution in [3.63, 3.8) is 0 Å². The van der Waals surface area contributed by atoms with Crippen molar-refractivity contribution in [2.45, 2.75) is 19.4 Å². The predicted molar refractivity (Wildman–Crippen MR) is 131 cm³/mol. The number of carbonyl (C=O) groups excluding carboxylic acids is 2. The Morgan fingerprint density at radius 3 is 2.48 bits per heavy atom. The molecule has 0 radical (unpaired) electrons. The lowest BCUT2D eigenvalue weighted by Gasteiger charge is -2.35. The van der Waals surface area contributed by atoms with E-state index in [0.29, 0.717) is 23.8 Å². The molecule has 0 saturated carbocycles. The average molecular weight is 464 g/mol. The first-order chi connectivity index (χ1) is 16.0. The highest BCUT2D eigenvalue weighted by Gasteiger charge is 2.26. The van der Waals surface area contributed by atoms with E-state index in [-0.39, 0.29) is 18.4 Å². The minimum absolute atomic E-state index is 0.0222. The maximum atomic E-state index is 13.1. The molecule has 1 aliphatic rings. The molecule has 0 unspecified atom stereocenters. The van der Waals surface area contributed by atoms with E-state index in [1.165, 1.54) is 0 Å². The number of hydrogen-bond acceptors (Lipinski definition) is 3. The van der Waals surface area contributed by atoms with Gasteiger partial charge >= 0.3 is 6.03 Å². The third kappa shape index (κ3) is 5.84. The van der Waals surface area contributed by atoms with Crippen molar-refractivity contribution in [2.24, 2.45) is 0 Å². The summed E-state index contributed by atoms with van der Waals surface area (Å²) in [6.45, 7) is 1.93. The fourth-order valence-corrected chi connectivity index (χ4v) is 4.00. The van der Waals surface area contributed by atoms with Crippen molar-refractivity contribution in [3.05, 3.63) is 88.9 Å². The van der Waals surface area contributed by atoms with E-state index in [4.69, 9.17) is 16.3 Å². The average Bonchev–Trinajstić information content (AvgIpc) is 2.82. The van der Waals surface area contributed by atoms with E-state index >= 15 is 0 Å². The number of benzene rings is 3. The Kier molecular flexibility index (Phi) is 7.15. The topological polar surface area (TPSA) is 61.9 Å². The molecular formula is C26H26ClN3O3. The summed E-state index contributed by atoms with van der Waals surface area (Å²) in [5, 5.41) is 3.59. The van der Waals surface area contributed by atoms with Crippen molar-refractivity contribution >= 4 is 34.9 Å². The normalized spacial score (nSPS) is 13.7. The lowest BCUT2D eigenvalue weighted by Crippen LogP contribution is -2.49. The van der Waals surface area contributed by atoms with Crippen LogP contribution in [0.15, 0.2) is 72.8 Å². The van der Waals surface area contributed by atoms with Crippen LogP contribution in [0.1, 0.15) is 17.5 Å². The van der Waals surface area contributed by atoms with Gasteiger partial charge in [-0.15, -0.1) is 0 Å². The molecule has 170 valence electrons. The Hall–Kier alpha value is -3.51. The van der Waals surface area contributed by atoms with E-state index in [0.717, 1.165) is 35.5 Å². The maximum absolute atomic E-state index is 13.1. The summed E-state index contributed by atoms with van der Waals surface area (Å²) in [5.74, 6) is 0.611. The van der Waals surface area contributed by atoms with Crippen LogP contribution in [0, 0.1) is 0 Å². The van der Waals surface area contributed by atoms with E-state index in [1.54, 1.807) is 12.0 Å². The van der Waals surface area contributed by atoms with Gasteiger partial charge in [-0.1, -0.05) is 35.9 Å². The second-order valence-electron chi connectivity index (χ2n) is 7.96. The lowest BCUT2D eigenvalue weighted by atomic mass is 10.1. The van der Waals surface area contributed by atoms with Gasteiger partial charge in [0.05, 0.1) is 13.5 Å². The first-order valence-electron chi connectivity index (χ1n) is 10.9. The van der Waals surface area contributed by atoms with E-state index in [1.807, 2.05) is 77.7 Å². The fourth-order valence-electron chi connectivity index (χ4n) is 3.88. The molecular weight excluding hydrogens is 438 g/mol. The Morgan fingerprint density at radius 1 is 1.00 bits per heavy atom. The SMILES string of the molecule is COc1cccc(CC(=O)Nc2ccc(N3CCCN(Cc4ccc(Cl)cc4)C3=O)cc2)c1. The zero-order valence-electron chi connectivity index (χ0n) is 18.5. The van der Waals surface area contributed by atoms with Gasteiger partial charge < -0.3 is 15.0 Å². The number of amides is 3. The van der Waals surface area contributed by atoms with Gasteiger partial charge in [-0.3, -0.25) is 9.69 Å². The van der Waals surface area contributed by atoms with Crippen LogP contribution in [0.2, 0.25) is 5.02 Å². The van der Waals surface area contributed by atoms with Crippen LogP contribution in [0.25, 0.3) is 0 Å². The van der Waals surface area contributed by atoms with Gasteiger partial charge in [0.15, 0.2) is 0 Å². The van der Waals surface area contributed by atoms with Gasteiger partial charge in [0, 0.05) is 36.0 Å². The smallest absolute Gasteiger partial charge is 0.324 e. The molecule has 3 aromatic carbocycles. The molecule has 33 heavy (non-hydrogen) atoms. The van der Waals surface area contributed by atoms with Crippen LogP contribution >= 0.6 is 11.6 Å². The minimum Gasteiger partial charge on any atom is -0.497 e. The van der Waals surface area contributed by atoms with Gasteiger partial charge in [-0.05, 0) is 66.1 Å². The van der Waals surface area contributed by atoms with Gasteiger partial charge in [-0.2, -0.15) is 0 Å². The molecule has 0 atom stereocenters. The van der Waals surface area contributed by atoms with E-state index < -0.39 is 0 Å². The number of hydrogen-bond donors (Lipinski definition) is 1. The Morgan fingerprint density at radius 2 is 1.76 bits per heavy atom. The van der Waals surface area contributed by atoms with E-state index in [9.17, 15) is 9.59 Å². The number of methoxy groups -OCH3 is 1. The largest absolute Gasteiger partial charge is 0.497 e. The van der Waals surface area contributed by atoms with Gasteiger partial charge in [0.1, 0.15) is 5.75 Å². The molecule has 0 bridgehead atoms. The molecule has 1 heterocycles. The summed E-state index contributed by atoms with van der Waals surface area (Å²) in [6.07, 6.45) is 1.14. The number of nitrogens with zero attached hydrogens (tertiary/aromatic N) is 2. The number of halogens is 1. The number of carbonyl (C=O) groups is 2. The van der Waals surface area contributed by atoms with Crippen molar-refractivity contribution in [2.75, 3.05) is 30.4 Å². The molecule has 1 fully saturated rings. The van der Waals surface area contributed by atoms with Gasteiger partial charge in [-0.25, -0.2) is 4.79 Å². The molecule has 7 heteroatoms. The number of anilines is 2.